The summed E-state index contributed by atoms with van der Waals surface area (Å²) >= 11 is 0. The summed E-state index contributed by atoms with van der Waals surface area (Å²) in [5.41, 5.74) is 1.85. The molecule has 0 spiro atoms. The van der Waals surface area contributed by atoms with Crippen LogP contribution in [0.25, 0.3) is 5.69 Å². The number of aliphatic carboxylic acids is 1. The Labute approximate surface area is 128 Å². The molecule has 1 aromatic heterocycles. The Morgan fingerprint density at radius 1 is 1.27 bits per heavy atom. The molecule has 0 aliphatic carbocycles. The number of amides is 1. The maximum atomic E-state index is 12.2. The molecule has 1 aliphatic rings. The second kappa shape index (κ2) is 6.01. The Balaban J connectivity index is 1.61. The molecule has 2 aromatic rings. The van der Waals surface area contributed by atoms with Crippen molar-refractivity contribution in [3.63, 3.8) is 0 Å². The molecular formula is C16H17N3O3. The smallest absolute Gasteiger partial charge is 0.308 e. The second-order valence-electron chi connectivity index (χ2n) is 5.46. The SMILES string of the molecule is O=C(O)[C@@H]1CCN(C(=O)Cc2ccc(-n3cccn3)cc2)C1. The first-order chi connectivity index (χ1) is 10.6. The third-order valence-electron chi connectivity index (χ3n) is 3.95. The van der Waals surface area contributed by atoms with Gasteiger partial charge in [-0.25, -0.2) is 4.68 Å². The summed E-state index contributed by atoms with van der Waals surface area (Å²) in [5, 5.41) is 13.1. The lowest BCUT2D eigenvalue weighted by molar-refractivity contribution is -0.141. The first-order valence-electron chi connectivity index (χ1n) is 7.23. The Morgan fingerprint density at radius 3 is 2.64 bits per heavy atom. The van der Waals surface area contributed by atoms with Crippen LogP contribution in [0, 0.1) is 5.92 Å². The summed E-state index contributed by atoms with van der Waals surface area (Å²) < 4.78 is 1.75. The molecule has 0 unspecified atom stereocenters. The number of aromatic nitrogens is 2. The average molecular weight is 299 g/mol. The first-order valence-corrected chi connectivity index (χ1v) is 7.23. The number of carboxylic acids is 1. The van der Waals surface area contributed by atoms with Gasteiger partial charge in [0.05, 0.1) is 18.0 Å². The second-order valence-corrected chi connectivity index (χ2v) is 5.46. The molecule has 1 fully saturated rings. The Kier molecular flexibility index (Phi) is 3.91. The van der Waals surface area contributed by atoms with Crippen LogP contribution >= 0.6 is 0 Å². The fourth-order valence-electron chi connectivity index (χ4n) is 2.66. The van der Waals surface area contributed by atoms with Crippen LogP contribution in [0.2, 0.25) is 0 Å². The number of carboxylic acid groups (broad SMARTS) is 1. The van der Waals surface area contributed by atoms with Gasteiger partial charge in [0.2, 0.25) is 5.91 Å². The standard InChI is InChI=1S/C16H17N3O3/c20-15(18-9-6-13(11-18)16(21)22)10-12-2-4-14(5-3-12)19-8-1-7-17-19/h1-5,7-8,13H,6,9-11H2,(H,21,22)/t13-/m1/s1. The Hall–Kier alpha value is -2.63. The van der Waals surface area contributed by atoms with Crippen molar-refractivity contribution in [3.05, 3.63) is 48.3 Å². The van der Waals surface area contributed by atoms with Crippen LogP contribution in [0.3, 0.4) is 0 Å². The van der Waals surface area contributed by atoms with Crippen LogP contribution in [-0.4, -0.2) is 44.8 Å². The minimum atomic E-state index is -0.820. The van der Waals surface area contributed by atoms with Crippen molar-refractivity contribution >= 4 is 11.9 Å². The quantitative estimate of drug-likeness (QED) is 0.924. The van der Waals surface area contributed by atoms with Crippen molar-refractivity contribution in [3.8, 4) is 5.69 Å². The fourth-order valence-corrected chi connectivity index (χ4v) is 2.66. The number of carbonyl (C=O) groups excluding carboxylic acids is 1. The van der Waals surface area contributed by atoms with E-state index in [2.05, 4.69) is 5.10 Å². The lowest BCUT2D eigenvalue weighted by Crippen LogP contribution is -2.31. The number of likely N-dealkylation sites (tertiary alicyclic amines) is 1. The Morgan fingerprint density at radius 2 is 2.05 bits per heavy atom. The molecule has 114 valence electrons. The predicted molar refractivity (Wildman–Crippen MR) is 79.6 cm³/mol. The molecular weight excluding hydrogens is 282 g/mol. The maximum absolute atomic E-state index is 12.2. The van der Waals surface area contributed by atoms with E-state index in [-0.39, 0.29) is 5.91 Å². The highest BCUT2D eigenvalue weighted by molar-refractivity contribution is 5.80. The zero-order valence-corrected chi connectivity index (χ0v) is 12.1. The topological polar surface area (TPSA) is 75.4 Å². The van der Waals surface area contributed by atoms with Crippen molar-refractivity contribution in [1.82, 2.24) is 14.7 Å². The van der Waals surface area contributed by atoms with Gasteiger partial charge < -0.3 is 10.0 Å². The number of rotatable bonds is 4. The zero-order valence-electron chi connectivity index (χ0n) is 12.1. The van der Waals surface area contributed by atoms with Crippen molar-refractivity contribution in [2.75, 3.05) is 13.1 Å². The first kappa shape index (κ1) is 14.3. The molecule has 0 bridgehead atoms. The van der Waals surface area contributed by atoms with E-state index in [9.17, 15) is 9.59 Å². The molecule has 1 N–H and O–H groups in total. The highest BCUT2D eigenvalue weighted by Gasteiger charge is 2.30. The zero-order chi connectivity index (χ0) is 15.5. The van der Waals surface area contributed by atoms with E-state index >= 15 is 0 Å². The predicted octanol–water partition coefficient (Wildman–Crippen LogP) is 1.35. The number of benzene rings is 1. The summed E-state index contributed by atoms with van der Waals surface area (Å²) in [6, 6.07) is 9.49. The van der Waals surface area contributed by atoms with Crippen LogP contribution in [-0.2, 0) is 16.0 Å². The van der Waals surface area contributed by atoms with Crippen molar-refractivity contribution in [2.45, 2.75) is 12.8 Å². The molecule has 1 amide bonds. The van der Waals surface area contributed by atoms with Crippen molar-refractivity contribution in [2.24, 2.45) is 5.92 Å². The van der Waals surface area contributed by atoms with Gasteiger partial charge in [0.1, 0.15) is 0 Å². The number of nitrogens with zero attached hydrogens (tertiary/aromatic N) is 3. The molecule has 6 heteroatoms. The monoisotopic (exact) mass is 299 g/mol. The summed E-state index contributed by atoms with van der Waals surface area (Å²) in [7, 11) is 0. The number of carbonyl (C=O) groups is 2. The molecule has 1 saturated heterocycles. The molecule has 2 heterocycles. The lowest BCUT2D eigenvalue weighted by Gasteiger charge is -2.15. The van der Waals surface area contributed by atoms with Gasteiger partial charge in [0, 0.05) is 25.5 Å². The molecule has 3 rings (SSSR count). The van der Waals surface area contributed by atoms with Crippen LogP contribution in [0.1, 0.15) is 12.0 Å². The third-order valence-corrected chi connectivity index (χ3v) is 3.95. The number of hydrogen-bond acceptors (Lipinski definition) is 3. The van der Waals surface area contributed by atoms with Gasteiger partial charge in [-0.05, 0) is 30.2 Å². The van der Waals surface area contributed by atoms with Crippen LogP contribution in [0.4, 0.5) is 0 Å². The molecule has 6 nitrogen and oxygen atoms in total. The minimum Gasteiger partial charge on any atom is -0.481 e. The summed E-state index contributed by atoms with van der Waals surface area (Å²) in [6.07, 6.45) is 4.41. The molecule has 0 saturated carbocycles. The van der Waals surface area contributed by atoms with Gasteiger partial charge in [0.15, 0.2) is 0 Å². The van der Waals surface area contributed by atoms with Gasteiger partial charge in [-0.1, -0.05) is 12.1 Å². The third kappa shape index (κ3) is 3.00. The number of hydrogen-bond donors (Lipinski definition) is 1. The van der Waals surface area contributed by atoms with Gasteiger partial charge >= 0.3 is 5.97 Å². The van der Waals surface area contributed by atoms with Gasteiger partial charge in [0.25, 0.3) is 0 Å². The highest BCUT2D eigenvalue weighted by Crippen LogP contribution is 2.18. The van der Waals surface area contributed by atoms with E-state index in [1.165, 1.54) is 0 Å². The van der Waals surface area contributed by atoms with E-state index in [0.717, 1.165) is 11.3 Å². The molecule has 1 atom stereocenters. The molecule has 22 heavy (non-hydrogen) atoms. The van der Waals surface area contributed by atoms with Crippen LogP contribution < -0.4 is 0 Å². The average Bonchev–Trinajstić information content (AvgIpc) is 3.20. The van der Waals surface area contributed by atoms with Crippen LogP contribution in [0.15, 0.2) is 42.7 Å². The van der Waals surface area contributed by atoms with E-state index < -0.39 is 11.9 Å². The van der Waals surface area contributed by atoms with E-state index in [1.807, 2.05) is 36.5 Å². The van der Waals surface area contributed by atoms with E-state index in [1.54, 1.807) is 15.8 Å². The fraction of sp³-hybridized carbons (Fsp3) is 0.312. The normalized spacial score (nSPS) is 17.6. The lowest BCUT2D eigenvalue weighted by atomic mass is 10.1. The minimum absolute atomic E-state index is 0.0180. The molecule has 1 aliphatic heterocycles. The van der Waals surface area contributed by atoms with Crippen molar-refractivity contribution < 1.29 is 14.7 Å². The summed E-state index contributed by atoms with van der Waals surface area (Å²) in [4.78, 5) is 24.8. The summed E-state index contributed by atoms with van der Waals surface area (Å²) in [6.45, 7) is 0.848. The van der Waals surface area contributed by atoms with Crippen molar-refractivity contribution in [1.29, 1.82) is 0 Å². The summed E-state index contributed by atoms with van der Waals surface area (Å²) in [5.74, 6) is -1.26. The maximum Gasteiger partial charge on any atom is 0.308 e. The molecule has 1 aromatic carbocycles. The van der Waals surface area contributed by atoms with Gasteiger partial charge in [-0.3, -0.25) is 9.59 Å². The Bertz CT molecular complexity index is 664. The van der Waals surface area contributed by atoms with Gasteiger partial charge in [-0.15, -0.1) is 0 Å². The molecule has 0 radical (unpaired) electrons. The largest absolute Gasteiger partial charge is 0.481 e. The van der Waals surface area contributed by atoms with E-state index in [4.69, 9.17) is 5.11 Å². The van der Waals surface area contributed by atoms with Crippen LogP contribution in [0.5, 0.6) is 0 Å². The highest BCUT2D eigenvalue weighted by atomic mass is 16.4. The van der Waals surface area contributed by atoms with E-state index in [0.29, 0.717) is 25.9 Å². The van der Waals surface area contributed by atoms with Gasteiger partial charge in [-0.2, -0.15) is 5.10 Å².